The lowest BCUT2D eigenvalue weighted by atomic mass is 9.97. The van der Waals surface area contributed by atoms with Crippen molar-refractivity contribution in [3.63, 3.8) is 0 Å². The summed E-state index contributed by atoms with van der Waals surface area (Å²) < 4.78 is 5.25. The highest BCUT2D eigenvalue weighted by Gasteiger charge is 2.28. The van der Waals surface area contributed by atoms with Crippen LogP contribution in [-0.2, 0) is 4.79 Å². The van der Waals surface area contributed by atoms with E-state index in [0.29, 0.717) is 28.8 Å². The van der Waals surface area contributed by atoms with Crippen LogP contribution in [0.4, 0.5) is 0 Å². The van der Waals surface area contributed by atoms with E-state index < -0.39 is 0 Å². The first-order valence-electron chi connectivity index (χ1n) is 4.92. The molecule has 0 radical (unpaired) electrons. The van der Waals surface area contributed by atoms with E-state index in [0.717, 1.165) is 5.56 Å². The van der Waals surface area contributed by atoms with Crippen molar-refractivity contribution in [2.45, 2.75) is 12.3 Å². The second kappa shape index (κ2) is 4.52. The third-order valence-electron chi connectivity index (χ3n) is 2.70. The second-order valence-corrected chi connectivity index (χ2v) is 4.47. The molecule has 0 aliphatic carbocycles. The number of amides is 1. The molecule has 3 nitrogen and oxygen atoms in total. The summed E-state index contributed by atoms with van der Waals surface area (Å²) in [5.74, 6) is 0.743. The molecular formula is C11H11Cl2NO2. The molecular weight excluding hydrogens is 249 g/mol. The van der Waals surface area contributed by atoms with E-state index in [1.807, 2.05) is 0 Å². The van der Waals surface area contributed by atoms with Gasteiger partial charge in [0.25, 0.3) is 0 Å². The number of ether oxygens (including phenoxy) is 1. The van der Waals surface area contributed by atoms with Gasteiger partial charge in [-0.25, -0.2) is 0 Å². The summed E-state index contributed by atoms with van der Waals surface area (Å²) in [5, 5.41) is 3.73. The molecule has 86 valence electrons. The number of benzene rings is 1. The van der Waals surface area contributed by atoms with Gasteiger partial charge in [0.05, 0.1) is 17.2 Å². The van der Waals surface area contributed by atoms with Gasteiger partial charge in [-0.15, -0.1) is 0 Å². The van der Waals surface area contributed by atoms with Crippen LogP contribution in [0.15, 0.2) is 12.1 Å². The molecule has 1 N–H and O–H groups in total. The van der Waals surface area contributed by atoms with E-state index in [4.69, 9.17) is 27.9 Å². The lowest BCUT2D eigenvalue weighted by molar-refractivity contribution is -0.119. The Balaban J connectivity index is 2.45. The molecule has 1 aliphatic heterocycles. The molecule has 16 heavy (non-hydrogen) atoms. The van der Waals surface area contributed by atoms with Gasteiger partial charge in [0.1, 0.15) is 5.75 Å². The van der Waals surface area contributed by atoms with E-state index in [1.165, 1.54) is 0 Å². The van der Waals surface area contributed by atoms with Crippen LogP contribution in [0, 0.1) is 0 Å². The van der Waals surface area contributed by atoms with Gasteiger partial charge in [-0.05, 0) is 12.1 Å². The van der Waals surface area contributed by atoms with Crippen molar-refractivity contribution < 1.29 is 9.53 Å². The predicted molar refractivity (Wildman–Crippen MR) is 63.4 cm³/mol. The Labute approximate surface area is 104 Å². The smallest absolute Gasteiger partial charge is 0.220 e. The molecule has 1 aromatic rings. The summed E-state index contributed by atoms with van der Waals surface area (Å²) in [4.78, 5) is 11.2. The standard InChI is InChI=1S/C11H11Cl2NO2/c1-16-8-3-2-7(12)11(13)10(8)6-4-9(15)14-5-6/h2-3,6H,4-5H2,1H3,(H,14,15). The average Bonchev–Trinajstić information content (AvgIpc) is 2.68. The Hall–Kier alpha value is -0.930. The van der Waals surface area contributed by atoms with E-state index in [1.54, 1.807) is 19.2 Å². The zero-order valence-corrected chi connectivity index (χ0v) is 10.2. The number of methoxy groups -OCH3 is 1. The number of hydrogen-bond acceptors (Lipinski definition) is 2. The first kappa shape index (κ1) is 11.6. The summed E-state index contributed by atoms with van der Waals surface area (Å²) >= 11 is 12.1. The molecule has 1 saturated heterocycles. The molecule has 1 unspecified atom stereocenters. The van der Waals surface area contributed by atoms with Crippen LogP contribution in [0.25, 0.3) is 0 Å². The number of nitrogens with one attached hydrogen (secondary N) is 1. The summed E-state index contributed by atoms with van der Waals surface area (Å²) in [5.41, 5.74) is 0.815. The number of rotatable bonds is 2. The van der Waals surface area contributed by atoms with Crippen LogP contribution < -0.4 is 10.1 Å². The SMILES string of the molecule is COc1ccc(Cl)c(Cl)c1C1CNC(=O)C1. The van der Waals surface area contributed by atoms with Crippen molar-refractivity contribution in [1.29, 1.82) is 0 Å². The zero-order valence-electron chi connectivity index (χ0n) is 8.72. The maximum Gasteiger partial charge on any atom is 0.220 e. The number of carbonyl (C=O) groups excluding carboxylic acids is 1. The van der Waals surface area contributed by atoms with E-state index in [2.05, 4.69) is 5.32 Å². The quantitative estimate of drug-likeness (QED) is 0.887. The normalized spacial score (nSPS) is 19.7. The highest BCUT2D eigenvalue weighted by atomic mass is 35.5. The van der Waals surface area contributed by atoms with Crippen LogP contribution in [0.2, 0.25) is 10.0 Å². The van der Waals surface area contributed by atoms with Gasteiger partial charge in [0.2, 0.25) is 5.91 Å². The van der Waals surface area contributed by atoms with E-state index in [9.17, 15) is 4.79 Å². The molecule has 5 heteroatoms. The Morgan fingerprint density at radius 3 is 2.75 bits per heavy atom. The summed E-state index contributed by atoms with van der Waals surface area (Å²) in [6.45, 7) is 0.579. The van der Waals surface area contributed by atoms with E-state index >= 15 is 0 Å². The van der Waals surface area contributed by atoms with Gasteiger partial charge in [-0.3, -0.25) is 4.79 Å². The third kappa shape index (κ3) is 1.97. The minimum atomic E-state index is 0.0306. The van der Waals surface area contributed by atoms with Crippen LogP contribution in [0.3, 0.4) is 0 Å². The van der Waals surface area contributed by atoms with Crippen molar-refractivity contribution >= 4 is 29.1 Å². The predicted octanol–water partition coefficient (Wildman–Crippen LogP) is 2.61. The molecule has 1 amide bonds. The molecule has 1 aliphatic rings. The van der Waals surface area contributed by atoms with Crippen LogP contribution in [0.5, 0.6) is 5.75 Å². The van der Waals surface area contributed by atoms with Gasteiger partial charge in [-0.1, -0.05) is 23.2 Å². The number of hydrogen-bond donors (Lipinski definition) is 1. The molecule has 0 aromatic heterocycles. The summed E-state index contributed by atoms with van der Waals surface area (Å²) in [6.07, 6.45) is 0.427. The fourth-order valence-electron chi connectivity index (χ4n) is 1.92. The fourth-order valence-corrected chi connectivity index (χ4v) is 2.39. The van der Waals surface area contributed by atoms with Crippen molar-refractivity contribution in [3.8, 4) is 5.75 Å². The second-order valence-electron chi connectivity index (χ2n) is 3.68. The molecule has 1 heterocycles. The highest BCUT2D eigenvalue weighted by Crippen LogP contribution is 2.40. The van der Waals surface area contributed by atoms with Crippen molar-refractivity contribution in [3.05, 3.63) is 27.7 Å². The van der Waals surface area contributed by atoms with Gasteiger partial charge < -0.3 is 10.1 Å². The lowest BCUT2D eigenvalue weighted by Gasteiger charge is -2.15. The molecule has 1 atom stereocenters. The van der Waals surface area contributed by atoms with Gasteiger partial charge in [0, 0.05) is 24.4 Å². The van der Waals surface area contributed by atoms with Crippen LogP contribution in [0.1, 0.15) is 17.9 Å². The monoisotopic (exact) mass is 259 g/mol. The first-order valence-corrected chi connectivity index (χ1v) is 5.67. The van der Waals surface area contributed by atoms with Crippen molar-refractivity contribution in [2.75, 3.05) is 13.7 Å². The third-order valence-corrected chi connectivity index (χ3v) is 3.52. The fraction of sp³-hybridized carbons (Fsp3) is 0.364. The molecule has 0 saturated carbocycles. The molecule has 0 spiro atoms. The maximum absolute atomic E-state index is 11.2. The molecule has 0 bridgehead atoms. The first-order chi connectivity index (χ1) is 7.63. The minimum absolute atomic E-state index is 0.0306. The number of carbonyl (C=O) groups is 1. The van der Waals surface area contributed by atoms with Crippen molar-refractivity contribution in [1.82, 2.24) is 5.32 Å². The minimum Gasteiger partial charge on any atom is -0.496 e. The molecule has 2 rings (SSSR count). The van der Waals surface area contributed by atoms with Gasteiger partial charge in [0.15, 0.2) is 0 Å². The Bertz CT molecular complexity index is 434. The zero-order chi connectivity index (χ0) is 11.7. The van der Waals surface area contributed by atoms with Crippen LogP contribution >= 0.6 is 23.2 Å². The summed E-state index contributed by atoms with van der Waals surface area (Å²) in [7, 11) is 1.58. The van der Waals surface area contributed by atoms with Crippen molar-refractivity contribution in [2.24, 2.45) is 0 Å². The Morgan fingerprint density at radius 2 is 2.19 bits per heavy atom. The Morgan fingerprint density at radius 1 is 1.44 bits per heavy atom. The maximum atomic E-state index is 11.2. The lowest BCUT2D eigenvalue weighted by Crippen LogP contribution is -2.13. The van der Waals surface area contributed by atoms with Gasteiger partial charge in [-0.2, -0.15) is 0 Å². The molecule has 1 aromatic carbocycles. The summed E-state index contributed by atoms with van der Waals surface area (Å²) in [6, 6.07) is 3.46. The van der Waals surface area contributed by atoms with E-state index in [-0.39, 0.29) is 11.8 Å². The number of halogens is 2. The largest absolute Gasteiger partial charge is 0.496 e. The van der Waals surface area contributed by atoms with Gasteiger partial charge >= 0.3 is 0 Å². The average molecular weight is 260 g/mol. The van der Waals surface area contributed by atoms with Crippen LogP contribution in [-0.4, -0.2) is 19.6 Å². The topological polar surface area (TPSA) is 38.3 Å². The Kier molecular flexibility index (Phi) is 3.26. The highest BCUT2D eigenvalue weighted by molar-refractivity contribution is 6.42. The molecule has 1 fully saturated rings.